The van der Waals surface area contributed by atoms with Gasteiger partial charge in [0.15, 0.2) is 0 Å². The van der Waals surface area contributed by atoms with Crippen molar-refractivity contribution >= 4 is 5.91 Å². The lowest BCUT2D eigenvalue weighted by Gasteiger charge is -2.08. The van der Waals surface area contributed by atoms with Crippen LogP contribution in [0.3, 0.4) is 0 Å². The first-order chi connectivity index (χ1) is 9.40. The molecule has 0 bridgehead atoms. The summed E-state index contributed by atoms with van der Waals surface area (Å²) in [5.41, 5.74) is 3.40. The number of hydrogen-bond donors (Lipinski definition) is 2. The standard InChI is InChI=1S/C14H18N4O2/c1-8-5-9(2)17-14(20)11(8)6-15-13(19)12-7-16-18(4)10(12)3/h5,7H,6H2,1-4H3,(H,15,19)(H,17,20). The van der Waals surface area contributed by atoms with Crippen LogP contribution in [0.1, 0.15) is 32.9 Å². The Morgan fingerprint density at radius 3 is 2.65 bits per heavy atom. The largest absolute Gasteiger partial charge is 0.348 e. The molecule has 0 fully saturated rings. The average Bonchev–Trinajstić information content (AvgIpc) is 2.68. The van der Waals surface area contributed by atoms with Gasteiger partial charge in [-0.2, -0.15) is 5.10 Å². The summed E-state index contributed by atoms with van der Waals surface area (Å²) < 4.78 is 1.64. The van der Waals surface area contributed by atoms with E-state index in [1.165, 1.54) is 6.20 Å². The molecule has 0 unspecified atom stereocenters. The van der Waals surface area contributed by atoms with Crippen molar-refractivity contribution in [2.45, 2.75) is 27.3 Å². The van der Waals surface area contributed by atoms with Crippen molar-refractivity contribution in [1.82, 2.24) is 20.1 Å². The van der Waals surface area contributed by atoms with Gasteiger partial charge >= 0.3 is 0 Å². The molecular weight excluding hydrogens is 256 g/mol. The number of carbonyl (C=O) groups excluding carboxylic acids is 1. The molecule has 0 aromatic carbocycles. The smallest absolute Gasteiger partial charge is 0.255 e. The third-order valence-electron chi connectivity index (χ3n) is 3.40. The number of amides is 1. The maximum atomic E-state index is 12.1. The Bertz CT molecular complexity index is 712. The number of pyridine rings is 1. The number of carbonyl (C=O) groups is 1. The Hall–Kier alpha value is -2.37. The van der Waals surface area contributed by atoms with E-state index in [-0.39, 0.29) is 18.0 Å². The van der Waals surface area contributed by atoms with Crippen LogP contribution in [-0.2, 0) is 13.6 Å². The van der Waals surface area contributed by atoms with Crippen LogP contribution in [0.15, 0.2) is 17.1 Å². The summed E-state index contributed by atoms with van der Waals surface area (Å²) in [5, 5.41) is 6.79. The lowest BCUT2D eigenvalue weighted by atomic mass is 10.1. The molecule has 0 radical (unpaired) electrons. The molecule has 0 aliphatic carbocycles. The fourth-order valence-corrected chi connectivity index (χ4v) is 2.09. The molecule has 2 aromatic heterocycles. The first kappa shape index (κ1) is 14.0. The number of nitrogens with zero attached hydrogens (tertiary/aromatic N) is 2. The molecule has 2 N–H and O–H groups in total. The van der Waals surface area contributed by atoms with Crippen LogP contribution < -0.4 is 10.9 Å². The van der Waals surface area contributed by atoms with Crippen molar-refractivity contribution in [2.75, 3.05) is 0 Å². The maximum absolute atomic E-state index is 12.1. The summed E-state index contributed by atoms with van der Waals surface area (Å²) in [6, 6.07) is 1.89. The van der Waals surface area contributed by atoms with Gasteiger partial charge in [0, 0.05) is 30.5 Å². The number of H-pyrrole nitrogens is 1. The second kappa shape index (κ2) is 5.32. The molecular formula is C14H18N4O2. The van der Waals surface area contributed by atoms with Gasteiger partial charge in [-0.1, -0.05) is 0 Å². The molecule has 6 heteroatoms. The Labute approximate surface area is 116 Å². The summed E-state index contributed by atoms with van der Waals surface area (Å²) in [7, 11) is 1.78. The predicted molar refractivity (Wildman–Crippen MR) is 75.7 cm³/mol. The third-order valence-corrected chi connectivity index (χ3v) is 3.40. The van der Waals surface area contributed by atoms with Gasteiger partial charge in [0.1, 0.15) is 0 Å². The number of hydrogen-bond acceptors (Lipinski definition) is 3. The van der Waals surface area contributed by atoms with E-state index < -0.39 is 0 Å². The minimum atomic E-state index is -0.227. The molecule has 0 saturated carbocycles. The van der Waals surface area contributed by atoms with E-state index in [1.54, 1.807) is 11.7 Å². The van der Waals surface area contributed by atoms with E-state index in [0.29, 0.717) is 11.1 Å². The Balaban J connectivity index is 2.16. The zero-order valence-corrected chi connectivity index (χ0v) is 12.1. The molecule has 0 atom stereocenters. The predicted octanol–water partition coefficient (Wildman–Crippen LogP) is 0.964. The number of rotatable bonds is 3. The van der Waals surface area contributed by atoms with Crippen molar-refractivity contribution in [3.05, 3.63) is 50.7 Å². The fourth-order valence-electron chi connectivity index (χ4n) is 2.09. The minimum Gasteiger partial charge on any atom is -0.348 e. The van der Waals surface area contributed by atoms with Crippen molar-refractivity contribution in [3.8, 4) is 0 Å². The highest BCUT2D eigenvalue weighted by atomic mass is 16.2. The van der Waals surface area contributed by atoms with Gasteiger partial charge in [-0.05, 0) is 32.4 Å². The second-order valence-corrected chi connectivity index (χ2v) is 4.89. The molecule has 2 rings (SSSR count). The van der Waals surface area contributed by atoms with Crippen molar-refractivity contribution in [3.63, 3.8) is 0 Å². The van der Waals surface area contributed by atoms with Gasteiger partial charge in [-0.15, -0.1) is 0 Å². The molecule has 6 nitrogen and oxygen atoms in total. The van der Waals surface area contributed by atoms with Gasteiger partial charge in [-0.25, -0.2) is 0 Å². The summed E-state index contributed by atoms with van der Waals surface area (Å²) >= 11 is 0. The second-order valence-electron chi connectivity index (χ2n) is 4.89. The first-order valence-electron chi connectivity index (χ1n) is 6.36. The van der Waals surface area contributed by atoms with Crippen LogP contribution in [0.5, 0.6) is 0 Å². The monoisotopic (exact) mass is 274 g/mol. The third kappa shape index (κ3) is 2.64. The zero-order valence-electron chi connectivity index (χ0n) is 12.1. The number of nitrogens with one attached hydrogen (secondary N) is 2. The van der Waals surface area contributed by atoms with Gasteiger partial charge in [-0.3, -0.25) is 14.3 Å². The lowest BCUT2D eigenvalue weighted by Crippen LogP contribution is -2.28. The molecule has 2 heterocycles. The minimum absolute atomic E-state index is 0.161. The molecule has 106 valence electrons. The summed E-state index contributed by atoms with van der Waals surface area (Å²) in [5.74, 6) is -0.227. The highest BCUT2D eigenvalue weighted by Crippen LogP contribution is 2.07. The van der Waals surface area contributed by atoms with Crippen LogP contribution in [-0.4, -0.2) is 20.7 Å². The van der Waals surface area contributed by atoms with Gasteiger partial charge in [0.25, 0.3) is 11.5 Å². The van der Waals surface area contributed by atoms with Crippen molar-refractivity contribution in [1.29, 1.82) is 0 Å². The highest BCUT2D eigenvalue weighted by molar-refractivity contribution is 5.94. The van der Waals surface area contributed by atoms with Gasteiger partial charge in [0.2, 0.25) is 0 Å². The Morgan fingerprint density at radius 1 is 1.40 bits per heavy atom. The number of aryl methyl sites for hydroxylation is 3. The molecule has 0 spiro atoms. The molecule has 0 saturated heterocycles. The summed E-state index contributed by atoms with van der Waals surface area (Å²) in [6.07, 6.45) is 1.52. The summed E-state index contributed by atoms with van der Waals surface area (Å²) in [4.78, 5) is 26.7. The lowest BCUT2D eigenvalue weighted by molar-refractivity contribution is 0.0950. The SMILES string of the molecule is Cc1cc(C)c(CNC(=O)c2cnn(C)c2C)c(=O)[nH]1. The molecule has 0 aliphatic heterocycles. The van der Waals surface area contributed by atoms with Gasteiger partial charge < -0.3 is 10.3 Å². The maximum Gasteiger partial charge on any atom is 0.255 e. The van der Waals surface area contributed by atoms with E-state index in [0.717, 1.165) is 17.0 Å². The molecule has 20 heavy (non-hydrogen) atoms. The zero-order chi connectivity index (χ0) is 14.9. The molecule has 0 aliphatic rings. The normalized spacial score (nSPS) is 10.6. The molecule has 1 amide bonds. The fraction of sp³-hybridized carbons (Fsp3) is 0.357. The van der Waals surface area contributed by atoms with Gasteiger partial charge in [0.05, 0.1) is 11.8 Å². The Morgan fingerprint density at radius 2 is 2.10 bits per heavy atom. The summed E-state index contributed by atoms with van der Waals surface area (Å²) in [6.45, 7) is 5.72. The van der Waals surface area contributed by atoms with E-state index in [1.807, 2.05) is 26.8 Å². The Kier molecular flexibility index (Phi) is 3.74. The average molecular weight is 274 g/mol. The first-order valence-corrected chi connectivity index (χ1v) is 6.36. The van der Waals surface area contributed by atoms with E-state index >= 15 is 0 Å². The van der Waals surface area contributed by atoms with E-state index in [2.05, 4.69) is 15.4 Å². The quantitative estimate of drug-likeness (QED) is 0.875. The van der Waals surface area contributed by atoms with Crippen molar-refractivity contribution < 1.29 is 4.79 Å². The van der Waals surface area contributed by atoms with Crippen molar-refractivity contribution in [2.24, 2.45) is 7.05 Å². The number of aromatic amines is 1. The topological polar surface area (TPSA) is 79.8 Å². The van der Waals surface area contributed by atoms with Crippen LogP contribution in [0.25, 0.3) is 0 Å². The van der Waals surface area contributed by atoms with E-state index in [9.17, 15) is 9.59 Å². The highest BCUT2D eigenvalue weighted by Gasteiger charge is 2.13. The van der Waals surface area contributed by atoms with Crippen LogP contribution in [0, 0.1) is 20.8 Å². The van der Waals surface area contributed by atoms with Crippen LogP contribution in [0.2, 0.25) is 0 Å². The number of aromatic nitrogens is 3. The van der Waals surface area contributed by atoms with Crippen LogP contribution >= 0.6 is 0 Å². The molecule has 2 aromatic rings. The van der Waals surface area contributed by atoms with Crippen LogP contribution in [0.4, 0.5) is 0 Å². The van der Waals surface area contributed by atoms with E-state index in [4.69, 9.17) is 0 Å².